The third-order valence-corrected chi connectivity index (χ3v) is 14.8. The standard InChI is InChI=1S/C56H75FN8O6/c1-11-35(7)70-42-17-13-16-39(25-42)55-65-47-21-20-38(37(12-2)29-58-36(8)46-18-14-22-63(46)31-45(33(3)4)60-32-68-9)24-41(47)27-49(65)51-43(57)26-40(28-50(51)71-55)44-30-59-53(61-44)48-19-15-23-64(48)54(66)52(34(5)6)62-56(67)69-10/h13,16-17,20-21,24-30,33-35,45-46,48,52,54-55,60,66H,11-12,14-15,18-19,22-23,31-32H2,1-10H3,(H,59,61)(H,62,67)/b37-29+,58-36?/t35-,45-,46+,48+,52+,54?,55?/m1/s1. The fraction of sp³-hybridized carbons (Fsp3) is 0.518. The summed E-state index contributed by atoms with van der Waals surface area (Å²) in [5.74, 6) is 1.77. The zero-order valence-corrected chi connectivity index (χ0v) is 43.3. The van der Waals surface area contributed by atoms with Gasteiger partial charge in [0.25, 0.3) is 0 Å². The van der Waals surface area contributed by atoms with Crippen LogP contribution in [0.3, 0.4) is 0 Å². The molecule has 3 aliphatic heterocycles. The maximum absolute atomic E-state index is 17.1. The average molecular weight is 975 g/mol. The van der Waals surface area contributed by atoms with Crippen LogP contribution in [-0.2, 0) is 9.47 Å². The Morgan fingerprint density at radius 1 is 1.03 bits per heavy atom. The van der Waals surface area contributed by atoms with Crippen molar-refractivity contribution in [1.29, 1.82) is 0 Å². The summed E-state index contributed by atoms with van der Waals surface area (Å²) in [6.07, 6.45) is 7.00. The molecule has 0 saturated carbocycles. The molecule has 14 nitrogen and oxygen atoms in total. The second kappa shape index (κ2) is 22.9. The van der Waals surface area contributed by atoms with E-state index in [1.54, 1.807) is 13.3 Å². The van der Waals surface area contributed by atoms with Gasteiger partial charge in [-0.1, -0.05) is 59.7 Å². The van der Waals surface area contributed by atoms with Gasteiger partial charge in [-0.2, -0.15) is 0 Å². The first-order chi connectivity index (χ1) is 34.2. The molecule has 7 atom stereocenters. The summed E-state index contributed by atoms with van der Waals surface area (Å²) < 4.78 is 42.6. The number of nitrogens with one attached hydrogen (secondary N) is 3. The predicted molar refractivity (Wildman–Crippen MR) is 279 cm³/mol. The van der Waals surface area contributed by atoms with Crippen molar-refractivity contribution in [3.05, 3.63) is 95.8 Å². The topological polar surface area (TPSA) is 151 Å². The number of nitrogens with zero attached hydrogens (tertiary/aromatic N) is 5. The number of imidazole rings is 1. The Labute approximate surface area is 419 Å². The normalized spacial score (nSPS) is 20.5. The molecule has 4 N–H and O–H groups in total. The molecule has 2 aromatic heterocycles. The molecule has 0 bridgehead atoms. The molecule has 0 radical (unpaired) electrons. The van der Waals surface area contributed by atoms with E-state index in [1.807, 2.05) is 55.3 Å². The number of carbonyl (C=O) groups excluding carboxylic acids is 1. The number of aliphatic imine (C=N–C) groups is 1. The Bertz CT molecular complexity index is 2690. The van der Waals surface area contributed by atoms with Gasteiger partial charge in [0.2, 0.25) is 6.23 Å². The lowest BCUT2D eigenvalue weighted by molar-refractivity contribution is -0.0440. The highest BCUT2D eigenvalue weighted by molar-refractivity contribution is 5.93. The third kappa shape index (κ3) is 11.2. The highest BCUT2D eigenvalue weighted by Crippen LogP contribution is 2.48. The maximum Gasteiger partial charge on any atom is 0.407 e. The third-order valence-electron chi connectivity index (χ3n) is 14.8. The molecule has 5 heterocycles. The van der Waals surface area contributed by atoms with Crippen molar-refractivity contribution >= 4 is 28.3 Å². The van der Waals surface area contributed by atoms with E-state index in [1.165, 1.54) is 13.2 Å². The summed E-state index contributed by atoms with van der Waals surface area (Å²) in [5.41, 5.74) is 7.35. The quantitative estimate of drug-likeness (QED) is 0.0438. The number of aromatic nitrogens is 3. The Hall–Kier alpha value is -5.58. The van der Waals surface area contributed by atoms with Gasteiger partial charge in [0, 0.05) is 60.7 Å². The van der Waals surface area contributed by atoms with Gasteiger partial charge in [-0.05, 0) is 124 Å². The SMILES string of the molecule is CC/C(=C\N=C(C)[C@@H]1CCCN1C[C@@H](NCOC)C(C)C)c1ccc2c(c1)cc1n2C(c2cccc(O[C@H](C)CC)c2)Oc2cc(-c3cnc([C@@H]4CCCN4C(O)[C@@H](NC(=O)OC)C(C)C)[nH]3)cc(F)c2-1. The van der Waals surface area contributed by atoms with Crippen LogP contribution in [0.2, 0.25) is 0 Å². The Morgan fingerprint density at radius 3 is 2.56 bits per heavy atom. The van der Waals surface area contributed by atoms with Crippen molar-refractivity contribution < 1.29 is 33.2 Å². The minimum atomic E-state index is -0.980. The van der Waals surface area contributed by atoms with Crippen molar-refractivity contribution in [2.75, 3.05) is 40.6 Å². The molecule has 1 amide bonds. The molecule has 2 unspecified atom stereocenters. The molecule has 0 aliphatic carbocycles. The van der Waals surface area contributed by atoms with Crippen LogP contribution in [0.4, 0.5) is 9.18 Å². The van der Waals surface area contributed by atoms with E-state index in [9.17, 15) is 9.90 Å². The van der Waals surface area contributed by atoms with Gasteiger partial charge in [-0.25, -0.2) is 14.2 Å². The van der Waals surface area contributed by atoms with Crippen LogP contribution in [0.25, 0.3) is 39.0 Å². The number of rotatable bonds is 20. The summed E-state index contributed by atoms with van der Waals surface area (Å²) in [5, 5.41) is 18.9. The van der Waals surface area contributed by atoms with Gasteiger partial charge < -0.3 is 38.9 Å². The summed E-state index contributed by atoms with van der Waals surface area (Å²) in [4.78, 5) is 30.1. The number of hydrogen-bond donors (Lipinski definition) is 4. The number of aliphatic hydroxyl groups is 1. The number of halogens is 1. The Kier molecular flexibility index (Phi) is 16.7. The van der Waals surface area contributed by atoms with Gasteiger partial charge in [-0.3, -0.25) is 20.1 Å². The van der Waals surface area contributed by atoms with Crippen LogP contribution >= 0.6 is 0 Å². The van der Waals surface area contributed by atoms with Crippen molar-refractivity contribution in [2.24, 2.45) is 16.8 Å². The Balaban J connectivity index is 1.13. The Morgan fingerprint density at radius 2 is 1.83 bits per heavy atom. The molecule has 8 rings (SSSR count). The fourth-order valence-corrected chi connectivity index (χ4v) is 10.6. The first-order valence-electron chi connectivity index (χ1n) is 25.7. The van der Waals surface area contributed by atoms with Crippen LogP contribution in [-0.4, -0.2) is 112 Å². The molecule has 3 aliphatic rings. The second-order valence-corrected chi connectivity index (χ2v) is 20.2. The smallest absolute Gasteiger partial charge is 0.407 e. The van der Waals surface area contributed by atoms with E-state index in [-0.39, 0.29) is 24.1 Å². The summed E-state index contributed by atoms with van der Waals surface area (Å²) in [6.45, 7) is 20.0. The highest BCUT2D eigenvalue weighted by atomic mass is 19.1. The lowest BCUT2D eigenvalue weighted by Gasteiger charge is -2.35. The number of alkyl carbamates (subject to hydrolysis) is 1. The number of allylic oxidation sites excluding steroid dienone is 1. The number of fused-ring (bicyclic) bond motifs is 5. The molecule has 15 heteroatoms. The number of hydrogen-bond acceptors (Lipinski definition) is 11. The van der Waals surface area contributed by atoms with Gasteiger partial charge in [-0.15, -0.1) is 0 Å². The van der Waals surface area contributed by atoms with Crippen LogP contribution in [0.1, 0.15) is 123 Å². The highest BCUT2D eigenvalue weighted by Gasteiger charge is 2.39. The summed E-state index contributed by atoms with van der Waals surface area (Å²) in [7, 11) is 3.03. The molecular weight excluding hydrogens is 900 g/mol. The van der Waals surface area contributed by atoms with Crippen LogP contribution in [0.15, 0.2) is 78.1 Å². The summed E-state index contributed by atoms with van der Waals surface area (Å²) in [6, 6.07) is 19.7. The van der Waals surface area contributed by atoms with Gasteiger partial charge >= 0.3 is 6.09 Å². The van der Waals surface area contributed by atoms with Crippen molar-refractivity contribution in [3.8, 4) is 34.0 Å². The number of methoxy groups -OCH3 is 2. The van der Waals surface area contributed by atoms with Crippen LogP contribution in [0, 0.1) is 17.7 Å². The first-order valence-corrected chi connectivity index (χ1v) is 25.7. The number of benzene rings is 3. The minimum absolute atomic E-state index is 0.0231. The van der Waals surface area contributed by atoms with E-state index >= 15 is 4.39 Å². The zero-order valence-electron chi connectivity index (χ0n) is 43.3. The summed E-state index contributed by atoms with van der Waals surface area (Å²) >= 11 is 0. The molecule has 2 fully saturated rings. The average Bonchev–Trinajstić information content (AvgIpc) is 4.20. The first kappa shape index (κ1) is 51.8. The van der Waals surface area contributed by atoms with E-state index in [0.717, 1.165) is 90.7 Å². The molecule has 382 valence electrons. The number of amides is 1. The predicted octanol–water partition coefficient (Wildman–Crippen LogP) is 10.7. The van der Waals surface area contributed by atoms with Crippen LogP contribution < -0.4 is 20.1 Å². The monoisotopic (exact) mass is 975 g/mol. The number of H-pyrrole nitrogens is 1. The van der Waals surface area contributed by atoms with Crippen molar-refractivity contribution in [2.45, 2.75) is 137 Å². The molecule has 5 aromatic rings. The molecular formula is C56H75FN8O6. The lowest BCUT2D eigenvalue weighted by Crippen LogP contribution is -2.54. The number of aromatic amines is 1. The van der Waals surface area contributed by atoms with Crippen molar-refractivity contribution in [1.82, 2.24) is 35.0 Å². The molecule has 2 saturated heterocycles. The zero-order chi connectivity index (χ0) is 50.5. The van der Waals surface area contributed by atoms with Crippen molar-refractivity contribution in [3.63, 3.8) is 0 Å². The molecule has 0 spiro atoms. The fourth-order valence-electron chi connectivity index (χ4n) is 10.6. The molecule has 71 heavy (non-hydrogen) atoms. The maximum atomic E-state index is 17.1. The molecule has 3 aromatic carbocycles. The minimum Gasteiger partial charge on any atom is -0.491 e. The van der Waals surface area contributed by atoms with E-state index in [4.69, 9.17) is 28.9 Å². The van der Waals surface area contributed by atoms with Gasteiger partial charge in [0.1, 0.15) is 29.4 Å². The largest absolute Gasteiger partial charge is 0.491 e. The van der Waals surface area contributed by atoms with E-state index < -0.39 is 30.4 Å². The number of ether oxygens (including phenoxy) is 4. The number of aliphatic hydroxyl groups excluding tert-OH is 1. The second-order valence-electron chi connectivity index (χ2n) is 20.2. The number of carbonyl (C=O) groups is 1. The van der Waals surface area contributed by atoms with Crippen LogP contribution in [0.5, 0.6) is 11.5 Å². The lowest BCUT2D eigenvalue weighted by atomic mass is 10.0. The van der Waals surface area contributed by atoms with E-state index in [0.29, 0.717) is 59.3 Å². The van der Waals surface area contributed by atoms with E-state index in [2.05, 4.69) is 90.9 Å². The number of likely N-dealkylation sites (tertiary alicyclic amines) is 2. The van der Waals surface area contributed by atoms with Gasteiger partial charge in [0.15, 0.2) is 0 Å². The van der Waals surface area contributed by atoms with Gasteiger partial charge in [0.05, 0.1) is 60.7 Å².